The molecule has 5 aromatic rings. The first-order valence-corrected chi connectivity index (χ1v) is 12.4. The molecule has 2 aliphatic rings. The van der Waals surface area contributed by atoms with Gasteiger partial charge in [-0.3, -0.25) is 4.79 Å². The Kier molecular flexibility index (Phi) is 5.12. The van der Waals surface area contributed by atoms with Crippen LogP contribution in [0.5, 0.6) is 0 Å². The summed E-state index contributed by atoms with van der Waals surface area (Å²) < 4.78 is 48.0. The number of aryl methyl sites for hydroxylation is 1. The first-order valence-electron chi connectivity index (χ1n) is 12.4. The van der Waals surface area contributed by atoms with Crippen molar-refractivity contribution in [2.24, 2.45) is 0 Å². The Morgan fingerprint density at radius 1 is 1.15 bits per heavy atom. The third-order valence-electron chi connectivity index (χ3n) is 7.22. The molecular weight excluding hydrogens is 513 g/mol. The van der Waals surface area contributed by atoms with E-state index >= 15 is 0 Å². The fraction of sp³-hybridized carbons (Fsp3) is 0.308. The van der Waals surface area contributed by atoms with Crippen LogP contribution in [0.25, 0.3) is 28.2 Å². The number of carbonyl (C=O) groups is 1. The Bertz CT molecular complexity index is 1730. The van der Waals surface area contributed by atoms with Gasteiger partial charge in [0.05, 0.1) is 35.4 Å². The number of amides is 1. The second-order valence-corrected chi connectivity index (χ2v) is 10.1. The van der Waals surface area contributed by atoms with Crippen LogP contribution in [-0.2, 0) is 0 Å². The van der Waals surface area contributed by atoms with E-state index in [0.29, 0.717) is 45.8 Å². The van der Waals surface area contributed by atoms with Gasteiger partial charge in [-0.15, -0.1) is 5.10 Å². The average molecular weight is 535 g/mol. The largest absolute Gasteiger partial charge is 0.339 e. The van der Waals surface area contributed by atoms with Crippen LogP contribution in [-0.4, -0.2) is 52.7 Å². The van der Waals surface area contributed by atoms with Crippen molar-refractivity contribution in [3.05, 3.63) is 65.9 Å². The molecule has 4 aromatic heterocycles. The zero-order valence-corrected chi connectivity index (χ0v) is 20.6. The maximum absolute atomic E-state index is 13.3. The molecule has 0 radical (unpaired) electrons. The summed E-state index contributed by atoms with van der Waals surface area (Å²) in [5, 5.41) is 19.3. The molecule has 0 aliphatic heterocycles. The minimum Gasteiger partial charge on any atom is -0.339 e. The summed E-state index contributed by atoms with van der Waals surface area (Å²) in [7, 11) is 0. The summed E-state index contributed by atoms with van der Waals surface area (Å²) in [4.78, 5) is 17.5. The van der Waals surface area contributed by atoms with Gasteiger partial charge in [-0.25, -0.2) is 22.4 Å². The number of hydrogen-bond donors (Lipinski definition) is 1. The fourth-order valence-corrected chi connectivity index (χ4v) is 4.72. The van der Waals surface area contributed by atoms with Crippen molar-refractivity contribution in [2.45, 2.75) is 50.2 Å². The van der Waals surface area contributed by atoms with Crippen molar-refractivity contribution in [3.8, 4) is 22.6 Å². The lowest BCUT2D eigenvalue weighted by Gasteiger charge is -2.34. The van der Waals surface area contributed by atoms with Gasteiger partial charge in [0.1, 0.15) is 11.9 Å². The standard InChI is InChI=1S/C26H21F3N8O2/c1-13-2-3-14(23-32-25(39-34-23)17-7-19(17)27)6-20(13)31-24(38)18-10-30-37-11-15(4-5-22(18)37)21-12-36(35-33-21)16-8-26(28,29)9-16/h2-6,10-12,16-17,19H,7-9H2,1H3,(H,31,38)/t17-,19-/m0/s1. The molecule has 2 fully saturated rings. The van der Waals surface area contributed by atoms with E-state index in [1.54, 1.807) is 35.1 Å². The summed E-state index contributed by atoms with van der Waals surface area (Å²) in [5.74, 6) is -2.74. The zero-order valence-electron chi connectivity index (χ0n) is 20.6. The van der Waals surface area contributed by atoms with E-state index in [0.717, 1.165) is 5.56 Å². The summed E-state index contributed by atoms with van der Waals surface area (Å²) in [6, 6.07) is 8.54. The molecular formula is C26H21F3N8O2. The summed E-state index contributed by atoms with van der Waals surface area (Å²) in [6.07, 6.45) is 3.77. The van der Waals surface area contributed by atoms with Crippen LogP contribution < -0.4 is 5.32 Å². The smallest absolute Gasteiger partial charge is 0.259 e. The first-order chi connectivity index (χ1) is 18.7. The maximum Gasteiger partial charge on any atom is 0.259 e. The molecule has 7 rings (SSSR count). The second-order valence-electron chi connectivity index (χ2n) is 10.1. The highest BCUT2D eigenvalue weighted by molar-refractivity contribution is 6.09. The van der Waals surface area contributed by atoms with Gasteiger partial charge in [-0.2, -0.15) is 10.1 Å². The molecule has 0 saturated heterocycles. The van der Waals surface area contributed by atoms with E-state index in [1.807, 2.05) is 19.1 Å². The van der Waals surface area contributed by atoms with Crippen LogP contribution in [0.2, 0.25) is 0 Å². The Balaban J connectivity index is 1.10. The molecule has 0 unspecified atom stereocenters. The van der Waals surface area contributed by atoms with E-state index in [-0.39, 0.29) is 36.6 Å². The normalized spacial score (nSPS) is 20.2. The molecule has 0 spiro atoms. The Morgan fingerprint density at radius 2 is 1.95 bits per heavy atom. The maximum atomic E-state index is 13.3. The van der Waals surface area contributed by atoms with Gasteiger partial charge >= 0.3 is 0 Å². The van der Waals surface area contributed by atoms with Gasteiger partial charge in [0.15, 0.2) is 0 Å². The SMILES string of the molecule is Cc1ccc(-c2noc([C@H]3C[C@@H]3F)n2)cc1NC(=O)c1cnn2cc(-c3cn(C4CC(F)(F)C4)nn3)ccc12. The molecule has 13 heteroatoms. The molecule has 198 valence electrons. The number of benzene rings is 1. The third kappa shape index (κ3) is 4.23. The molecule has 10 nitrogen and oxygen atoms in total. The molecule has 0 bridgehead atoms. The number of nitrogens with one attached hydrogen (secondary N) is 1. The quantitative estimate of drug-likeness (QED) is 0.326. The highest BCUT2D eigenvalue weighted by atomic mass is 19.3. The van der Waals surface area contributed by atoms with E-state index in [4.69, 9.17) is 4.52 Å². The van der Waals surface area contributed by atoms with Crippen LogP contribution in [0.4, 0.5) is 18.9 Å². The van der Waals surface area contributed by atoms with Crippen LogP contribution in [0.3, 0.4) is 0 Å². The van der Waals surface area contributed by atoms with Gasteiger partial charge < -0.3 is 9.84 Å². The van der Waals surface area contributed by atoms with Crippen LogP contribution in [0.1, 0.15) is 53.0 Å². The molecule has 2 saturated carbocycles. The van der Waals surface area contributed by atoms with E-state index in [2.05, 4.69) is 30.9 Å². The summed E-state index contributed by atoms with van der Waals surface area (Å²) >= 11 is 0. The van der Waals surface area contributed by atoms with Crippen molar-refractivity contribution in [2.75, 3.05) is 5.32 Å². The molecule has 2 aliphatic carbocycles. The van der Waals surface area contributed by atoms with E-state index < -0.39 is 12.1 Å². The van der Waals surface area contributed by atoms with E-state index in [9.17, 15) is 18.0 Å². The lowest BCUT2D eigenvalue weighted by molar-refractivity contribution is -0.107. The second kappa shape index (κ2) is 8.48. The van der Waals surface area contributed by atoms with Crippen molar-refractivity contribution < 1.29 is 22.5 Å². The Hall–Kier alpha value is -4.55. The number of nitrogens with zero attached hydrogens (tertiary/aromatic N) is 7. The Morgan fingerprint density at radius 3 is 2.72 bits per heavy atom. The minimum atomic E-state index is -2.64. The highest BCUT2D eigenvalue weighted by Gasteiger charge is 2.47. The number of rotatable bonds is 6. The number of aromatic nitrogens is 7. The summed E-state index contributed by atoms with van der Waals surface area (Å²) in [5.41, 5.74) is 4.16. The molecule has 1 aromatic carbocycles. The summed E-state index contributed by atoms with van der Waals surface area (Å²) in [6.45, 7) is 1.86. The van der Waals surface area contributed by atoms with Crippen molar-refractivity contribution >= 4 is 17.1 Å². The number of pyridine rings is 1. The van der Waals surface area contributed by atoms with Gasteiger partial charge in [0.2, 0.25) is 11.7 Å². The van der Waals surface area contributed by atoms with Gasteiger partial charge in [-0.1, -0.05) is 22.5 Å². The number of fused-ring (bicyclic) bond motifs is 1. The number of carbonyl (C=O) groups excluding carboxylic acids is 1. The van der Waals surface area contributed by atoms with Crippen LogP contribution >= 0.6 is 0 Å². The third-order valence-corrected chi connectivity index (χ3v) is 7.22. The number of alkyl halides is 3. The molecule has 1 amide bonds. The Labute approximate surface area is 218 Å². The lowest BCUT2D eigenvalue weighted by atomic mass is 9.88. The van der Waals surface area contributed by atoms with Gasteiger partial charge in [0, 0.05) is 35.9 Å². The average Bonchev–Trinajstić information content (AvgIpc) is 3.35. The number of anilines is 1. The number of hydrogen-bond acceptors (Lipinski definition) is 7. The molecule has 2 atom stereocenters. The minimum absolute atomic E-state index is 0.245. The van der Waals surface area contributed by atoms with Crippen molar-refractivity contribution in [1.82, 2.24) is 34.7 Å². The van der Waals surface area contributed by atoms with E-state index in [1.165, 1.54) is 10.9 Å². The molecule has 4 heterocycles. The molecule has 1 N–H and O–H groups in total. The predicted molar refractivity (Wildman–Crippen MR) is 132 cm³/mol. The zero-order chi connectivity index (χ0) is 26.9. The van der Waals surface area contributed by atoms with Crippen LogP contribution in [0.15, 0.2) is 53.4 Å². The van der Waals surface area contributed by atoms with Crippen molar-refractivity contribution in [1.29, 1.82) is 0 Å². The monoisotopic (exact) mass is 534 g/mol. The number of halogens is 3. The van der Waals surface area contributed by atoms with Gasteiger partial charge in [0.25, 0.3) is 11.8 Å². The highest BCUT2D eigenvalue weighted by Crippen LogP contribution is 2.45. The lowest BCUT2D eigenvalue weighted by Crippen LogP contribution is -2.37. The predicted octanol–water partition coefficient (Wildman–Crippen LogP) is 5.00. The first kappa shape index (κ1) is 23.6. The molecule has 39 heavy (non-hydrogen) atoms. The van der Waals surface area contributed by atoms with Crippen molar-refractivity contribution in [3.63, 3.8) is 0 Å². The topological polar surface area (TPSA) is 116 Å². The van der Waals surface area contributed by atoms with Crippen LogP contribution in [0, 0.1) is 6.92 Å². The fourth-order valence-electron chi connectivity index (χ4n) is 4.72. The van der Waals surface area contributed by atoms with Gasteiger partial charge in [-0.05, 0) is 37.1 Å².